The van der Waals surface area contributed by atoms with E-state index in [1.54, 1.807) is 0 Å². The molecule has 0 radical (unpaired) electrons. The van der Waals surface area contributed by atoms with Crippen molar-refractivity contribution in [2.45, 2.75) is 25.0 Å². The van der Waals surface area contributed by atoms with Crippen molar-refractivity contribution in [1.82, 2.24) is 0 Å². The van der Waals surface area contributed by atoms with E-state index in [4.69, 9.17) is 14.6 Å². The Morgan fingerprint density at radius 3 is 2.43 bits per heavy atom. The van der Waals surface area contributed by atoms with Crippen molar-refractivity contribution in [2.24, 2.45) is 0 Å². The molecule has 7 heteroatoms. The molecule has 1 aromatic carbocycles. The summed E-state index contributed by atoms with van der Waals surface area (Å²) in [7, 11) is 1.33. The van der Waals surface area contributed by atoms with Crippen LogP contribution in [-0.2, 0) is 14.3 Å². The van der Waals surface area contributed by atoms with Crippen molar-refractivity contribution in [2.75, 3.05) is 12.0 Å². The van der Waals surface area contributed by atoms with Crippen LogP contribution in [0, 0.1) is 0 Å². The quantitative estimate of drug-likeness (QED) is 0.828. The Hall–Kier alpha value is -2.41. The van der Waals surface area contributed by atoms with Crippen LogP contribution < -0.4 is 9.64 Å². The first kappa shape index (κ1) is 13.6. The summed E-state index contributed by atoms with van der Waals surface area (Å²) in [6.07, 6.45) is -0.151. The number of ether oxygens (including phenoxy) is 2. The number of methoxy groups -OCH3 is 1. The standard InChI is InChI=1S/C14H13NO6/c1-20-11-6-7(2-3-8(11)14(18)19)15-12(16)9-4-5-10(21-9)13(15)17/h2-3,6,9-10H,4-5H2,1H3,(H,18,19). The second kappa shape index (κ2) is 4.85. The van der Waals surface area contributed by atoms with Gasteiger partial charge < -0.3 is 14.6 Å². The number of anilines is 1. The van der Waals surface area contributed by atoms with Gasteiger partial charge in [0.05, 0.1) is 12.8 Å². The van der Waals surface area contributed by atoms with Gasteiger partial charge in [0.2, 0.25) is 0 Å². The average Bonchev–Trinajstić information content (AvgIpc) is 2.92. The third-order valence-electron chi connectivity index (χ3n) is 3.68. The molecule has 2 aliphatic rings. The number of carbonyl (C=O) groups is 3. The van der Waals surface area contributed by atoms with Gasteiger partial charge in [0.15, 0.2) is 0 Å². The van der Waals surface area contributed by atoms with Crippen LogP contribution in [0.1, 0.15) is 23.2 Å². The van der Waals surface area contributed by atoms with Crippen LogP contribution in [0.2, 0.25) is 0 Å². The van der Waals surface area contributed by atoms with Crippen LogP contribution in [0.5, 0.6) is 5.75 Å². The molecule has 1 N–H and O–H groups in total. The molecular weight excluding hydrogens is 278 g/mol. The lowest BCUT2D eigenvalue weighted by molar-refractivity contribution is -0.146. The number of imide groups is 1. The minimum atomic E-state index is -1.14. The summed E-state index contributed by atoms with van der Waals surface area (Å²) in [4.78, 5) is 36.6. The van der Waals surface area contributed by atoms with Gasteiger partial charge in [0.25, 0.3) is 11.8 Å². The fourth-order valence-corrected chi connectivity index (χ4v) is 2.65. The summed E-state index contributed by atoms with van der Waals surface area (Å²) in [5, 5.41) is 9.05. The van der Waals surface area contributed by atoms with Gasteiger partial charge in [0.1, 0.15) is 23.5 Å². The van der Waals surface area contributed by atoms with Crippen LogP contribution in [0.4, 0.5) is 5.69 Å². The zero-order valence-corrected chi connectivity index (χ0v) is 11.2. The van der Waals surface area contributed by atoms with Gasteiger partial charge in [0, 0.05) is 6.07 Å². The van der Waals surface area contributed by atoms with Gasteiger partial charge in [-0.05, 0) is 25.0 Å². The highest BCUT2D eigenvalue weighted by Gasteiger charge is 2.47. The molecule has 2 heterocycles. The molecule has 2 aliphatic heterocycles. The summed E-state index contributed by atoms with van der Waals surface area (Å²) in [6, 6.07) is 4.12. The van der Waals surface area contributed by atoms with Crippen molar-refractivity contribution in [3.05, 3.63) is 23.8 Å². The number of carbonyl (C=O) groups excluding carboxylic acids is 2. The highest BCUT2D eigenvalue weighted by atomic mass is 16.5. The number of benzene rings is 1. The second-order valence-electron chi connectivity index (χ2n) is 4.89. The topological polar surface area (TPSA) is 93.1 Å². The lowest BCUT2D eigenvalue weighted by Gasteiger charge is -2.30. The summed E-state index contributed by atoms with van der Waals surface area (Å²) in [5.41, 5.74) is 0.268. The van der Waals surface area contributed by atoms with E-state index < -0.39 is 30.0 Å². The number of amides is 2. The first-order valence-corrected chi connectivity index (χ1v) is 6.47. The molecule has 2 fully saturated rings. The second-order valence-corrected chi connectivity index (χ2v) is 4.89. The molecule has 0 aromatic heterocycles. The van der Waals surface area contributed by atoms with Gasteiger partial charge >= 0.3 is 5.97 Å². The van der Waals surface area contributed by atoms with Gasteiger partial charge in [-0.2, -0.15) is 0 Å². The van der Waals surface area contributed by atoms with Crippen molar-refractivity contribution < 1.29 is 29.0 Å². The predicted molar refractivity (Wildman–Crippen MR) is 70.3 cm³/mol. The molecule has 2 amide bonds. The molecule has 0 saturated carbocycles. The van der Waals surface area contributed by atoms with Crippen LogP contribution in [0.15, 0.2) is 18.2 Å². The number of carboxylic acid groups (broad SMARTS) is 1. The largest absolute Gasteiger partial charge is 0.496 e. The fourth-order valence-electron chi connectivity index (χ4n) is 2.65. The number of hydrogen-bond donors (Lipinski definition) is 1. The maximum Gasteiger partial charge on any atom is 0.339 e. The maximum atomic E-state index is 12.2. The molecule has 2 atom stereocenters. The van der Waals surface area contributed by atoms with Gasteiger partial charge in [-0.15, -0.1) is 0 Å². The summed E-state index contributed by atoms with van der Waals surface area (Å²) < 4.78 is 10.3. The minimum Gasteiger partial charge on any atom is -0.496 e. The van der Waals surface area contributed by atoms with Crippen LogP contribution >= 0.6 is 0 Å². The van der Waals surface area contributed by atoms with Gasteiger partial charge in [-0.1, -0.05) is 0 Å². The third-order valence-corrected chi connectivity index (χ3v) is 3.68. The highest BCUT2D eigenvalue weighted by Crippen LogP contribution is 2.34. The van der Waals surface area contributed by atoms with Crippen LogP contribution in [-0.4, -0.2) is 42.2 Å². The Morgan fingerprint density at radius 1 is 1.29 bits per heavy atom. The Morgan fingerprint density at radius 2 is 1.90 bits per heavy atom. The maximum absolute atomic E-state index is 12.2. The molecule has 21 heavy (non-hydrogen) atoms. The molecule has 2 saturated heterocycles. The zero-order chi connectivity index (χ0) is 15.1. The normalized spacial score (nSPS) is 24.3. The molecule has 0 aliphatic carbocycles. The van der Waals surface area contributed by atoms with Crippen LogP contribution in [0.25, 0.3) is 0 Å². The minimum absolute atomic E-state index is 0.0302. The fraction of sp³-hybridized carbons (Fsp3) is 0.357. The SMILES string of the molecule is COc1cc(N2C(=O)C3CCC(O3)C2=O)ccc1C(=O)O. The molecule has 0 spiro atoms. The van der Waals surface area contributed by atoms with Gasteiger partial charge in [-0.3, -0.25) is 9.59 Å². The number of fused-ring (bicyclic) bond motifs is 2. The average molecular weight is 291 g/mol. The van der Waals surface area contributed by atoms with E-state index >= 15 is 0 Å². The van der Waals surface area contributed by atoms with E-state index in [-0.39, 0.29) is 11.3 Å². The summed E-state index contributed by atoms with van der Waals surface area (Å²) in [6.45, 7) is 0. The predicted octanol–water partition coefficient (Wildman–Crippen LogP) is 0.814. The molecule has 3 rings (SSSR count). The lowest BCUT2D eigenvalue weighted by Crippen LogP contribution is -2.52. The van der Waals surface area contributed by atoms with E-state index in [0.29, 0.717) is 18.5 Å². The number of morpholine rings is 1. The van der Waals surface area contributed by atoms with E-state index in [2.05, 4.69) is 0 Å². The Kier molecular flexibility index (Phi) is 3.13. The molecule has 1 aromatic rings. The Labute approximate surface area is 120 Å². The van der Waals surface area contributed by atoms with Gasteiger partial charge in [-0.25, -0.2) is 9.69 Å². The smallest absolute Gasteiger partial charge is 0.339 e. The third kappa shape index (κ3) is 2.06. The number of rotatable bonds is 3. The summed E-state index contributed by atoms with van der Waals surface area (Å²) >= 11 is 0. The van der Waals surface area contributed by atoms with Crippen molar-refractivity contribution >= 4 is 23.5 Å². The number of nitrogens with zero attached hydrogens (tertiary/aromatic N) is 1. The number of carboxylic acids is 1. The Bertz CT molecular complexity index is 618. The number of aromatic carboxylic acids is 1. The first-order chi connectivity index (χ1) is 10.0. The van der Waals surface area contributed by atoms with E-state index in [1.807, 2.05) is 0 Å². The monoisotopic (exact) mass is 291 g/mol. The molecular formula is C14H13NO6. The van der Waals surface area contributed by atoms with E-state index in [1.165, 1.54) is 25.3 Å². The highest BCUT2D eigenvalue weighted by molar-refractivity contribution is 6.20. The van der Waals surface area contributed by atoms with E-state index in [9.17, 15) is 14.4 Å². The van der Waals surface area contributed by atoms with Crippen LogP contribution in [0.3, 0.4) is 0 Å². The molecule has 2 bridgehead atoms. The molecule has 7 nitrogen and oxygen atoms in total. The zero-order valence-electron chi connectivity index (χ0n) is 11.2. The number of hydrogen-bond acceptors (Lipinski definition) is 5. The van der Waals surface area contributed by atoms with E-state index in [0.717, 1.165) is 4.90 Å². The lowest BCUT2D eigenvalue weighted by atomic mass is 10.1. The van der Waals surface area contributed by atoms with Crippen molar-refractivity contribution in [3.8, 4) is 5.75 Å². The Balaban J connectivity index is 2.02. The van der Waals surface area contributed by atoms with Crippen molar-refractivity contribution in [3.63, 3.8) is 0 Å². The molecule has 110 valence electrons. The summed E-state index contributed by atoms with van der Waals surface area (Å²) in [5.74, 6) is -1.88. The first-order valence-electron chi connectivity index (χ1n) is 6.47. The van der Waals surface area contributed by atoms with Crippen molar-refractivity contribution in [1.29, 1.82) is 0 Å². The molecule has 2 unspecified atom stereocenters.